The van der Waals surface area contributed by atoms with E-state index >= 15 is 0 Å². The van der Waals surface area contributed by atoms with E-state index in [2.05, 4.69) is 0 Å². The van der Waals surface area contributed by atoms with E-state index in [0.717, 1.165) is 31.2 Å². The first kappa shape index (κ1) is 13.5. The summed E-state index contributed by atoms with van der Waals surface area (Å²) in [7, 11) is -2.34. The molecule has 0 unspecified atom stereocenters. The summed E-state index contributed by atoms with van der Waals surface area (Å²) >= 11 is 0. The molecule has 0 saturated heterocycles. The topological polar surface area (TPSA) is 30.2 Å². The summed E-state index contributed by atoms with van der Waals surface area (Å²) in [5, 5.41) is 0. The molecule has 1 heterocycles. The monoisotopic (exact) mass is 280 g/mol. The first-order chi connectivity index (χ1) is 9.32. The minimum Gasteiger partial charge on any atom is -0.461 e. The van der Waals surface area contributed by atoms with Crippen LogP contribution >= 0.6 is 7.14 Å². The number of rotatable bonds is 3. The Balaban J connectivity index is 1.92. The van der Waals surface area contributed by atoms with Crippen molar-refractivity contribution in [1.29, 1.82) is 0 Å². The molecule has 0 bridgehead atoms. The van der Waals surface area contributed by atoms with Gasteiger partial charge >= 0.3 is 0 Å². The van der Waals surface area contributed by atoms with E-state index in [4.69, 9.17) is 4.42 Å². The van der Waals surface area contributed by atoms with E-state index in [1.54, 1.807) is 6.26 Å². The predicted octanol–water partition coefficient (Wildman–Crippen LogP) is 4.93. The van der Waals surface area contributed by atoms with Gasteiger partial charge < -0.3 is 8.98 Å². The number of hydrogen-bond acceptors (Lipinski definition) is 2. The van der Waals surface area contributed by atoms with Gasteiger partial charge in [0.1, 0.15) is 0 Å². The van der Waals surface area contributed by atoms with Crippen LogP contribution in [-0.4, -0.2) is 11.3 Å². The predicted molar refractivity (Wildman–Crippen MR) is 79.7 cm³/mol. The van der Waals surface area contributed by atoms with Gasteiger partial charge in [0.2, 0.25) is 0 Å². The molecule has 1 aromatic rings. The number of hydrogen-bond donors (Lipinski definition) is 0. The van der Waals surface area contributed by atoms with Crippen LogP contribution in [0, 0.1) is 0 Å². The second kappa shape index (κ2) is 5.87. The standard InChI is InChI=1S/C16H25O2P/c17-19(16-12-7-13-18-16,14-8-3-1-4-9-14)15-10-5-2-6-11-15/h7,12-15H,1-6,8-11H2. The van der Waals surface area contributed by atoms with Gasteiger partial charge in [0.05, 0.1) is 6.26 Å². The number of furan rings is 1. The molecule has 2 fully saturated rings. The van der Waals surface area contributed by atoms with E-state index in [1.165, 1.54) is 38.5 Å². The highest BCUT2D eigenvalue weighted by molar-refractivity contribution is 7.72. The van der Waals surface area contributed by atoms with Crippen LogP contribution in [-0.2, 0) is 4.57 Å². The van der Waals surface area contributed by atoms with Crippen molar-refractivity contribution in [3.63, 3.8) is 0 Å². The van der Waals surface area contributed by atoms with Gasteiger partial charge in [0.15, 0.2) is 12.6 Å². The van der Waals surface area contributed by atoms with Gasteiger partial charge in [-0.2, -0.15) is 0 Å². The highest BCUT2D eigenvalue weighted by Gasteiger charge is 2.44. The molecule has 0 radical (unpaired) electrons. The lowest BCUT2D eigenvalue weighted by atomic mass is 9.99. The van der Waals surface area contributed by atoms with Gasteiger partial charge in [0.25, 0.3) is 0 Å². The fraction of sp³-hybridized carbons (Fsp3) is 0.750. The van der Waals surface area contributed by atoms with Gasteiger partial charge in [0, 0.05) is 11.3 Å². The summed E-state index contributed by atoms with van der Waals surface area (Å²) in [5.41, 5.74) is 1.62. The van der Waals surface area contributed by atoms with Crippen molar-refractivity contribution >= 4 is 12.6 Å². The summed E-state index contributed by atoms with van der Waals surface area (Å²) in [6.45, 7) is 0. The Hall–Kier alpha value is -0.490. The molecule has 19 heavy (non-hydrogen) atoms. The summed E-state index contributed by atoms with van der Waals surface area (Å²) in [6.07, 6.45) is 13.9. The van der Waals surface area contributed by atoms with E-state index in [-0.39, 0.29) is 0 Å². The second-order valence-corrected chi connectivity index (χ2v) is 9.56. The Kier molecular flexibility index (Phi) is 4.17. The molecule has 0 aliphatic heterocycles. The first-order valence-corrected chi connectivity index (χ1v) is 9.80. The largest absolute Gasteiger partial charge is 0.461 e. The maximum Gasteiger partial charge on any atom is 0.163 e. The van der Waals surface area contributed by atoms with E-state index in [9.17, 15) is 4.57 Å². The average molecular weight is 280 g/mol. The third kappa shape index (κ3) is 2.57. The summed E-state index contributed by atoms with van der Waals surface area (Å²) in [5.74, 6) is 0. The van der Waals surface area contributed by atoms with Gasteiger partial charge in [-0.05, 0) is 37.8 Å². The van der Waals surface area contributed by atoms with Crippen molar-refractivity contribution < 1.29 is 8.98 Å². The SMILES string of the molecule is O=P(c1ccco1)(C1CCCCC1)C1CCCCC1. The smallest absolute Gasteiger partial charge is 0.163 e. The van der Waals surface area contributed by atoms with Crippen LogP contribution in [0.25, 0.3) is 0 Å². The van der Waals surface area contributed by atoms with Crippen LogP contribution < -0.4 is 5.50 Å². The maximum atomic E-state index is 13.9. The molecule has 0 N–H and O–H groups in total. The molecule has 0 spiro atoms. The van der Waals surface area contributed by atoms with Crippen LogP contribution in [0.2, 0.25) is 0 Å². The minimum absolute atomic E-state index is 0.399. The van der Waals surface area contributed by atoms with Gasteiger partial charge in [-0.3, -0.25) is 0 Å². The van der Waals surface area contributed by atoms with E-state index in [1.807, 2.05) is 12.1 Å². The summed E-state index contributed by atoms with van der Waals surface area (Å²) in [4.78, 5) is 0. The van der Waals surface area contributed by atoms with Crippen molar-refractivity contribution in [2.75, 3.05) is 0 Å². The Morgan fingerprint density at radius 3 is 1.84 bits per heavy atom. The van der Waals surface area contributed by atoms with E-state index in [0.29, 0.717) is 11.3 Å². The van der Waals surface area contributed by atoms with Crippen LogP contribution in [0.4, 0.5) is 0 Å². The van der Waals surface area contributed by atoms with Crippen LogP contribution in [0.5, 0.6) is 0 Å². The molecule has 0 aromatic carbocycles. The molecule has 2 nitrogen and oxygen atoms in total. The average Bonchev–Trinajstić information content (AvgIpc) is 3.03. The van der Waals surface area contributed by atoms with Crippen LogP contribution in [0.1, 0.15) is 64.2 Å². The molecule has 2 aliphatic carbocycles. The van der Waals surface area contributed by atoms with Gasteiger partial charge in [-0.1, -0.05) is 38.5 Å². The Labute approximate surface area is 116 Å². The second-order valence-electron chi connectivity index (χ2n) is 6.24. The molecule has 3 rings (SSSR count). The molecule has 1 aromatic heterocycles. The molecular formula is C16H25O2P. The molecular weight excluding hydrogens is 255 g/mol. The third-order valence-corrected chi connectivity index (χ3v) is 9.23. The fourth-order valence-corrected chi connectivity index (χ4v) is 8.18. The quantitative estimate of drug-likeness (QED) is 0.734. The zero-order valence-electron chi connectivity index (χ0n) is 11.7. The van der Waals surface area contributed by atoms with Crippen molar-refractivity contribution in [2.24, 2.45) is 0 Å². The minimum atomic E-state index is -2.34. The molecule has 106 valence electrons. The van der Waals surface area contributed by atoms with Crippen molar-refractivity contribution in [1.82, 2.24) is 0 Å². The van der Waals surface area contributed by atoms with Gasteiger partial charge in [-0.25, -0.2) is 0 Å². The zero-order chi connectivity index (χ0) is 13.1. The molecule has 0 amide bonds. The normalized spacial score (nSPS) is 23.6. The Bertz CT molecular complexity index is 404. The van der Waals surface area contributed by atoms with Crippen molar-refractivity contribution in [2.45, 2.75) is 75.5 Å². The van der Waals surface area contributed by atoms with Gasteiger partial charge in [-0.15, -0.1) is 0 Å². The van der Waals surface area contributed by atoms with E-state index < -0.39 is 7.14 Å². The lowest BCUT2D eigenvalue weighted by Crippen LogP contribution is -2.29. The highest BCUT2D eigenvalue weighted by atomic mass is 31.2. The first-order valence-electron chi connectivity index (χ1n) is 7.95. The molecule has 0 atom stereocenters. The van der Waals surface area contributed by atoms with Crippen LogP contribution in [0.15, 0.2) is 22.8 Å². The summed E-state index contributed by atoms with van der Waals surface area (Å²) in [6, 6.07) is 3.89. The molecule has 2 aliphatic rings. The molecule has 3 heteroatoms. The van der Waals surface area contributed by atoms with Crippen molar-refractivity contribution in [3.05, 3.63) is 18.4 Å². The Morgan fingerprint density at radius 1 is 0.895 bits per heavy atom. The van der Waals surface area contributed by atoms with Crippen LogP contribution in [0.3, 0.4) is 0 Å². The summed E-state index contributed by atoms with van der Waals surface area (Å²) < 4.78 is 19.5. The fourth-order valence-electron chi connectivity index (χ4n) is 4.06. The third-order valence-electron chi connectivity index (χ3n) is 5.08. The lowest BCUT2D eigenvalue weighted by molar-refractivity contribution is 0.446. The maximum absolute atomic E-state index is 13.9. The lowest BCUT2D eigenvalue weighted by Gasteiger charge is -2.36. The Morgan fingerprint density at radius 2 is 1.42 bits per heavy atom. The highest BCUT2D eigenvalue weighted by Crippen LogP contribution is 2.61. The zero-order valence-corrected chi connectivity index (χ0v) is 12.6. The molecule has 2 saturated carbocycles. The van der Waals surface area contributed by atoms with Crippen molar-refractivity contribution in [3.8, 4) is 0 Å².